The topological polar surface area (TPSA) is 49.8 Å². The molecule has 2 rings (SSSR count). The van der Waals surface area contributed by atoms with E-state index < -0.39 is 5.97 Å². The monoisotopic (exact) mass is 299 g/mol. The van der Waals surface area contributed by atoms with E-state index in [1.807, 2.05) is 66.4 Å². The SMILES string of the molecule is CCN(CCC(=O)O)c1ccc(OCc2ccccc2)cc1. The van der Waals surface area contributed by atoms with Gasteiger partial charge in [-0.15, -0.1) is 0 Å². The summed E-state index contributed by atoms with van der Waals surface area (Å²) in [6, 6.07) is 17.8. The lowest BCUT2D eigenvalue weighted by Crippen LogP contribution is -2.25. The molecule has 0 saturated heterocycles. The maximum absolute atomic E-state index is 10.7. The normalized spacial score (nSPS) is 10.2. The largest absolute Gasteiger partial charge is 0.489 e. The zero-order chi connectivity index (χ0) is 15.8. The Bertz CT molecular complexity index is 581. The highest BCUT2D eigenvalue weighted by Crippen LogP contribution is 2.20. The summed E-state index contributed by atoms with van der Waals surface area (Å²) in [6.45, 7) is 3.84. The van der Waals surface area contributed by atoms with Crippen molar-refractivity contribution in [2.75, 3.05) is 18.0 Å². The second-order valence-electron chi connectivity index (χ2n) is 4.99. The van der Waals surface area contributed by atoms with E-state index in [0.717, 1.165) is 23.5 Å². The maximum atomic E-state index is 10.7. The summed E-state index contributed by atoms with van der Waals surface area (Å²) in [5.41, 5.74) is 2.14. The van der Waals surface area contributed by atoms with Crippen LogP contribution in [0.1, 0.15) is 18.9 Å². The summed E-state index contributed by atoms with van der Waals surface area (Å²) in [7, 11) is 0. The number of hydrogen-bond acceptors (Lipinski definition) is 3. The molecule has 0 amide bonds. The fourth-order valence-corrected chi connectivity index (χ4v) is 2.19. The third-order valence-corrected chi connectivity index (χ3v) is 3.43. The predicted molar refractivity (Wildman–Crippen MR) is 87.4 cm³/mol. The maximum Gasteiger partial charge on any atom is 0.305 e. The van der Waals surface area contributed by atoms with Crippen LogP contribution in [-0.4, -0.2) is 24.2 Å². The molecule has 1 N–H and O–H groups in total. The van der Waals surface area contributed by atoms with E-state index in [4.69, 9.17) is 9.84 Å². The van der Waals surface area contributed by atoms with Gasteiger partial charge in [-0.2, -0.15) is 0 Å². The van der Waals surface area contributed by atoms with Gasteiger partial charge >= 0.3 is 5.97 Å². The van der Waals surface area contributed by atoms with Crippen molar-refractivity contribution in [1.29, 1.82) is 0 Å². The van der Waals surface area contributed by atoms with Crippen LogP contribution >= 0.6 is 0 Å². The Morgan fingerprint density at radius 3 is 2.36 bits per heavy atom. The average molecular weight is 299 g/mol. The number of anilines is 1. The molecule has 0 aliphatic carbocycles. The fourth-order valence-electron chi connectivity index (χ4n) is 2.19. The minimum Gasteiger partial charge on any atom is -0.489 e. The minimum atomic E-state index is -0.777. The third-order valence-electron chi connectivity index (χ3n) is 3.43. The molecule has 0 heterocycles. The number of nitrogens with zero attached hydrogens (tertiary/aromatic N) is 1. The number of ether oxygens (including phenoxy) is 1. The van der Waals surface area contributed by atoms with E-state index >= 15 is 0 Å². The molecular weight excluding hydrogens is 278 g/mol. The molecule has 0 aliphatic heterocycles. The van der Waals surface area contributed by atoms with E-state index in [0.29, 0.717) is 13.2 Å². The van der Waals surface area contributed by atoms with Gasteiger partial charge in [-0.1, -0.05) is 30.3 Å². The quantitative estimate of drug-likeness (QED) is 0.809. The van der Waals surface area contributed by atoms with E-state index in [2.05, 4.69) is 0 Å². The molecule has 116 valence electrons. The highest BCUT2D eigenvalue weighted by molar-refractivity contribution is 5.67. The predicted octanol–water partition coefficient (Wildman–Crippen LogP) is 3.57. The van der Waals surface area contributed by atoms with Gasteiger partial charge in [-0.3, -0.25) is 4.79 Å². The van der Waals surface area contributed by atoms with Gasteiger partial charge in [0.2, 0.25) is 0 Å². The van der Waals surface area contributed by atoms with Gasteiger partial charge < -0.3 is 14.7 Å². The number of rotatable bonds is 8. The molecule has 0 bridgehead atoms. The molecule has 0 saturated carbocycles. The lowest BCUT2D eigenvalue weighted by atomic mass is 10.2. The van der Waals surface area contributed by atoms with Gasteiger partial charge in [-0.25, -0.2) is 0 Å². The van der Waals surface area contributed by atoms with Crippen LogP contribution in [0.2, 0.25) is 0 Å². The average Bonchev–Trinajstić information content (AvgIpc) is 2.55. The highest BCUT2D eigenvalue weighted by atomic mass is 16.5. The summed E-state index contributed by atoms with van der Waals surface area (Å²) in [5.74, 6) is 0.0307. The Balaban J connectivity index is 1.92. The highest BCUT2D eigenvalue weighted by Gasteiger charge is 2.07. The van der Waals surface area contributed by atoms with Crippen LogP contribution in [0.25, 0.3) is 0 Å². The van der Waals surface area contributed by atoms with E-state index in [1.165, 1.54) is 0 Å². The third kappa shape index (κ3) is 4.81. The van der Waals surface area contributed by atoms with Crippen molar-refractivity contribution >= 4 is 11.7 Å². The molecule has 22 heavy (non-hydrogen) atoms. The van der Waals surface area contributed by atoms with E-state index in [1.54, 1.807) is 0 Å². The zero-order valence-corrected chi connectivity index (χ0v) is 12.7. The summed E-state index contributed by atoms with van der Waals surface area (Å²) >= 11 is 0. The number of carboxylic acids is 1. The Morgan fingerprint density at radius 2 is 1.77 bits per heavy atom. The van der Waals surface area contributed by atoms with Crippen molar-refractivity contribution in [3.63, 3.8) is 0 Å². The molecule has 0 radical (unpaired) electrons. The molecule has 4 heteroatoms. The minimum absolute atomic E-state index is 0.139. The second kappa shape index (κ2) is 8.08. The van der Waals surface area contributed by atoms with Crippen LogP contribution in [0, 0.1) is 0 Å². The Morgan fingerprint density at radius 1 is 1.09 bits per heavy atom. The van der Waals surface area contributed by atoms with Crippen molar-refractivity contribution in [2.45, 2.75) is 20.0 Å². The first kappa shape index (κ1) is 15.9. The Kier molecular flexibility index (Phi) is 5.83. The molecule has 2 aromatic carbocycles. The number of benzene rings is 2. The summed E-state index contributed by atoms with van der Waals surface area (Å²) in [4.78, 5) is 12.7. The number of carboxylic acid groups (broad SMARTS) is 1. The molecular formula is C18H21NO3. The van der Waals surface area contributed by atoms with Crippen LogP contribution in [-0.2, 0) is 11.4 Å². The van der Waals surface area contributed by atoms with Gasteiger partial charge in [0.05, 0.1) is 6.42 Å². The standard InChI is InChI=1S/C18H21NO3/c1-2-19(13-12-18(20)21)16-8-10-17(11-9-16)22-14-15-6-4-3-5-7-15/h3-11H,2,12-14H2,1H3,(H,20,21). The van der Waals surface area contributed by atoms with Crippen molar-refractivity contribution in [2.24, 2.45) is 0 Å². The van der Waals surface area contributed by atoms with Crippen LogP contribution in [0.15, 0.2) is 54.6 Å². The Labute approximate surface area is 131 Å². The van der Waals surface area contributed by atoms with Crippen LogP contribution in [0.5, 0.6) is 5.75 Å². The van der Waals surface area contributed by atoms with Crippen LogP contribution in [0.4, 0.5) is 5.69 Å². The summed E-state index contributed by atoms with van der Waals surface area (Å²) in [5, 5.41) is 8.78. The second-order valence-corrected chi connectivity index (χ2v) is 4.99. The first-order chi connectivity index (χ1) is 10.7. The van der Waals surface area contributed by atoms with Gasteiger partial charge in [0.1, 0.15) is 12.4 Å². The summed E-state index contributed by atoms with van der Waals surface area (Å²) < 4.78 is 5.75. The number of aliphatic carboxylic acids is 1. The van der Waals surface area contributed by atoms with E-state index in [-0.39, 0.29) is 6.42 Å². The zero-order valence-electron chi connectivity index (χ0n) is 12.7. The van der Waals surface area contributed by atoms with Crippen LogP contribution < -0.4 is 9.64 Å². The molecule has 0 spiro atoms. The molecule has 0 atom stereocenters. The lowest BCUT2D eigenvalue weighted by Gasteiger charge is -2.22. The van der Waals surface area contributed by atoms with Crippen LogP contribution in [0.3, 0.4) is 0 Å². The van der Waals surface area contributed by atoms with Gasteiger partial charge in [0.15, 0.2) is 0 Å². The summed E-state index contributed by atoms with van der Waals surface area (Å²) in [6.07, 6.45) is 0.139. The smallest absolute Gasteiger partial charge is 0.305 e. The molecule has 0 aromatic heterocycles. The molecule has 2 aromatic rings. The molecule has 0 fully saturated rings. The Hall–Kier alpha value is -2.49. The van der Waals surface area contributed by atoms with E-state index in [9.17, 15) is 4.79 Å². The van der Waals surface area contributed by atoms with Gasteiger partial charge in [-0.05, 0) is 36.8 Å². The number of carbonyl (C=O) groups is 1. The first-order valence-corrected chi connectivity index (χ1v) is 7.42. The molecule has 0 aliphatic rings. The van der Waals surface area contributed by atoms with Crippen molar-refractivity contribution in [1.82, 2.24) is 0 Å². The van der Waals surface area contributed by atoms with Gasteiger partial charge in [0, 0.05) is 18.8 Å². The van der Waals surface area contributed by atoms with Crippen molar-refractivity contribution in [3.8, 4) is 5.75 Å². The fraction of sp³-hybridized carbons (Fsp3) is 0.278. The van der Waals surface area contributed by atoms with Gasteiger partial charge in [0.25, 0.3) is 0 Å². The molecule has 4 nitrogen and oxygen atoms in total. The first-order valence-electron chi connectivity index (χ1n) is 7.42. The lowest BCUT2D eigenvalue weighted by molar-refractivity contribution is -0.136. The number of hydrogen-bond donors (Lipinski definition) is 1. The van der Waals surface area contributed by atoms with Crippen molar-refractivity contribution < 1.29 is 14.6 Å². The van der Waals surface area contributed by atoms with Crippen molar-refractivity contribution in [3.05, 3.63) is 60.2 Å². The molecule has 0 unspecified atom stereocenters.